The molecule has 0 aromatic rings. The fraction of sp³-hybridized carbons (Fsp3) is 0.789. The third-order valence-electron chi connectivity index (χ3n) is 6.27. The predicted molar refractivity (Wildman–Crippen MR) is 131 cm³/mol. The summed E-state index contributed by atoms with van der Waals surface area (Å²) in [6, 6.07) is 0. The molecule has 2 aliphatic rings. The number of carbonyl (C=O) groups excluding carboxylic acids is 3. The molecule has 14 nitrogen and oxygen atoms in total. The van der Waals surface area contributed by atoms with Gasteiger partial charge < -0.3 is 29.8 Å². The van der Waals surface area contributed by atoms with Crippen molar-refractivity contribution in [3.63, 3.8) is 0 Å². The molecular formula is C19H34N4O10P2S. The molecule has 1 heterocycles. The lowest BCUT2D eigenvalue weighted by molar-refractivity contribution is -0.151. The first kappa shape index (κ1) is 31.1. The van der Waals surface area contributed by atoms with Crippen LogP contribution in [0.5, 0.6) is 0 Å². The van der Waals surface area contributed by atoms with Gasteiger partial charge in [0, 0.05) is 25.2 Å². The zero-order valence-electron chi connectivity index (χ0n) is 19.7. The van der Waals surface area contributed by atoms with Crippen LogP contribution in [0, 0.1) is 17.2 Å². The molecule has 36 heavy (non-hydrogen) atoms. The summed E-state index contributed by atoms with van der Waals surface area (Å²) in [6.45, 7) is 0.147. The monoisotopic (exact) mass is 572 g/mol. The second kappa shape index (κ2) is 13.6. The van der Waals surface area contributed by atoms with E-state index in [4.69, 9.17) is 30.9 Å². The van der Waals surface area contributed by atoms with E-state index in [2.05, 4.69) is 10.2 Å². The van der Waals surface area contributed by atoms with Gasteiger partial charge in [0.2, 0.25) is 17.3 Å². The second-order valence-electron chi connectivity index (χ2n) is 9.02. The molecule has 17 heteroatoms. The van der Waals surface area contributed by atoms with E-state index in [0.29, 0.717) is 50.8 Å². The molecule has 8 N–H and O–H groups in total. The van der Waals surface area contributed by atoms with Crippen molar-refractivity contribution in [2.45, 2.75) is 62.1 Å². The molecule has 0 radical (unpaired) electrons. The van der Waals surface area contributed by atoms with Gasteiger partial charge in [-0.2, -0.15) is 5.90 Å². The first-order chi connectivity index (χ1) is 16.7. The van der Waals surface area contributed by atoms with Crippen LogP contribution >= 0.6 is 27.0 Å². The first-order valence-electron chi connectivity index (χ1n) is 11.5. The van der Waals surface area contributed by atoms with Crippen LogP contribution in [-0.4, -0.2) is 77.6 Å². The molecule has 1 saturated heterocycles. The van der Waals surface area contributed by atoms with Gasteiger partial charge in [0.1, 0.15) is 0 Å². The minimum Gasteiger partial charge on any atom is -0.373 e. The van der Waals surface area contributed by atoms with Gasteiger partial charge in [0.25, 0.3) is 0 Å². The summed E-state index contributed by atoms with van der Waals surface area (Å²) >= 11 is 1.34. The third-order valence-corrected chi connectivity index (χ3v) is 11.0. The Bertz CT molecular complexity index is 896. The number of thioether (sulfide) groups is 1. The highest BCUT2D eigenvalue weighted by Gasteiger charge is 2.43. The van der Waals surface area contributed by atoms with Gasteiger partial charge in [-0.25, -0.2) is 0 Å². The number of hydrogen-bond donors (Lipinski definition) is 7. The molecular weight excluding hydrogens is 538 g/mol. The van der Waals surface area contributed by atoms with Gasteiger partial charge in [-0.05, 0) is 56.6 Å². The number of nitrogens with zero attached hydrogens (tertiary/aromatic N) is 1. The van der Waals surface area contributed by atoms with Crippen molar-refractivity contribution in [3.05, 3.63) is 0 Å². The summed E-state index contributed by atoms with van der Waals surface area (Å²) in [6.07, 6.45) is 3.64. The zero-order chi connectivity index (χ0) is 27.1. The highest BCUT2D eigenvalue weighted by Crippen LogP contribution is 2.58. The molecule has 2 rings (SSSR count). The van der Waals surface area contributed by atoms with Crippen LogP contribution in [0.1, 0.15) is 51.4 Å². The Labute approximate surface area is 212 Å². The van der Waals surface area contributed by atoms with Crippen molar-refractivity contribution in [1.29, 1.82) is 5.41 Å². The van der Waals surface area contributed by atoms with Gasteiger partial charge in [-0.3, -0.25) is 33.7 Å². The van der Waals surface area contributed by atoms with Crippen LogP contribution in [0.2, 0.25) is 0 Å². The topological polar surface area (TPSA) is 241 Å². The summed E-state index contributed by atoms with van der Waals surface area (Å²) in [7, 11) is -10.1. The maximum atomic E-state index is 12.7. The lowest BCUT2D eigenvalue weighted by Crippen LogP contribution is -2.37. The van der Waals surface area contributed by atoms with Crippen molar-refractivity contribution < 1.29 is 47.9 Å². The van der Waals surface area contributed by atoms with E-state index in [1.165, 1.54) is 16.7 Å². The van der Waals surface area contributed by atoms with E-state index in [-0.39, 0.29) is 48.7 Å². The number of imide groups is 1. The summed E-state index contributed by atoms with van der Waals surface area (Å²) < 4.78 is 22.5. The van der Waals surface area contributed by atoms with Crippen molar-refractivity contribution in [1.82, 2.24) is 10.2 Å². The molecule has 1 aliphatic carbocycles. The Hall–Kier alpha value is -1.15. The predicted octanol–water partition coefficient (Wildman–Crippen LogP) is 0.489. The normalized spacial score (nSPS) is 23.4. The molecule has 1 unspecified atom stereocenters. The Morgan fingerprint density at radius 2 is 1.75 bits per heavy atom. The van der Waals surface area contributed by atoms with Gasteiger partial charge in [-0.15, -0.1) is 11.8 Å². The number of likely N-dealkylation sites (tertiary alicyclic amines) is 1. The lowest BCUT2D eigenvalue weighted by atomic mass is 9.82. The average Bonchev–Trinajstić information content (AvgIpc) is 3.05. The average molecular weight is 573 g/mol. The van der Waals surface area contributed by atoms with Crippen LogP contribution in [0.4, 0.5) is 0 Å². The molecule has 2 amide bonds. The standard InChI is InChI=1S/C19H34N4O10P2S/c20-14(7-8-22-19(34(27,28)29)35(30,31)32)2-1-9-36-15-10-16(24)23(17(15)25)11-12-3-5-13(6-4-12)18(26)33-21/h12-13,15,19-20,22H,1-11,21H2,(H2,27,28,29)(H2,30,31,32). The molecule has 0 aromatic heterocycles. The van der Waals surface area contributed by atoms with Crippen molar-refractivity contribution in [2.75, 3.05) is 18.8 Å². The maximum absolute atomic E-state index is 12.7. The number of rotatable bonds is 14. The van der Waals surface area contributed by atoms with Gasteiger partial charge in [0.05, 0.1) is 11.2 Å². The molecule has 2 fully saturated rings. The number of nitrogens with one attached hydrogen (secondary N) is 2. The molecule has 206 valence electrons. The second-order valence-corrected chi connectivity index (χ2v) is 14.1. The molecule has 0 spiro atoms. The van der Waals surface area contributed by atoms with Crippen LogP contribution in [0.3, 0.4) is 0 Å². The zero-order valence-corrected chi connectivity index (χ0v) is 22.3. The Morgan fingerprint density at radius 1 is 1.14 bits per heavy atom. The van der Waals surface area contributed by atoms with Crippen LogP contribution < -0.4 is 11.2 Å². The third kappa shape index (κ3) is 9.30. The van der Waals surface area contributed by atoms with Crippen LogP contribution in [-0.2, 0) is 28.4 Å². The summed E-state index contributed by atoms with van der Waals surface area (Å²) in [4.78, 5) is 78.5. The minimum atomic E-state index is -5.07. The van der Waals surface area contributed by atoms with E-state index >= 15 is 0 Å². The summed E-state index contributed by atoms with van der Waals surface area (Å²) in [5.74, 6) is 4.46. The smallest absolute Gasteiger partial charge is 0.354 e. The van der Waals surface area contributed by atoms with Crippen LogP contribution in [0.25, 0.3) is 0 Å². The van der Waals surface area contributed by atoms with Gasteiger partial charge in [0.15, 0.2) is 0 Å². The van der Waals surface area contributed by atoms with Gasteiger partial charge >= 0.3 is 21.2 Å². The minimum absolute atomic E-state index is 0.0427. The maximum Gasteiger partial charge on any atom is 0.354 e. The summed E-state index contributed by atoms with van der Waals surface area (Å²) in [5, 5.41) is 9.58. The number of nitrogens with two attached hydrogens (primary N) is 1. The molecule has 0 aromatic carbocycles. The highest BCUT2D eigenvalue weighted by atomic mass is 32.2. The van der Waals surface area contributed by atoms with E-state index in [9.17, 15) is 23.5 Å². The number of amides is 2. The largest absolute Gasteiger partial charge is 0.373 e. The van der Waals surface area contributed by atoms with Crippen molar-refractivity contribution in [2.24, 2.45) is 17.7 Å². The molecule has 1 aliphatic heterocycles. The van der Waals surface area contributed by atoms with Gasteiger partial charge in [-0.1, -0.05) is 0 Å². The summed E-state index contributed by atoms with van der Waals surface area (Å²) in [5.41, 5.74) is -2.08. The van der Waals surface area contributed by atoms with Crippen LogP contribution in [0.15, 0.2) is 0 Å². The fourth-order valence-electron chi connectivity index (χ4n) is 4.33. The quantitative estimate of drug-likeness (QED) is 0.0493. The fourth-order valence-corrected chi connectivity index (χ4v) is 7.76. The first-order valence-corrected chi connectivity index (χ1v) is 15.9. The van der Waals surface area contributed by atoms with E-state index in [1.807, 2.05) is 0 Å². The van der Waals surface area contributed by atoms with Crippen molar-refractivity contribution >= 4 is 50.4 Å². The van der Waals surface area contributed by atoms with E-state index in [1.54, 1.807) is 0 Å². The number of hydrogen-bond acceptors (Lipinski definition) is 10. The van der Waals surface area contributed by atoms with E-state index < -0.39 is 31.9 Å². The molecule has 1 atom stereocenters. The van der Waals surface area contributed by atoms with Crippen molar-refractivity contribution in [3.8, 4) is 0 Å². The van der Waals surface area contributed by atoms with E-state index in [0.717, 1.165) is 0 Å². The Balaban J connectivity index is 1.67. The Kier molecular flexibility index (Phi) is 11.7. The molecule has 1 saturated carbocycles. The molecule has 0 bridgehead atoms. The number of carbonyl (C=O) groups is 3. The Morgan fingerprint density at radius 3 is 2.31 bits per heavy atom. The SMILES string of the molecule is N=C(CCCSC1CC(=O)N(CC2CCC(C(=O)ON)CC2)C1=O)CCNC(P(=O)(O)O)P(=O)(O)O. The lowest BCUT2D eigenvalue weighted by Gasteiger charge is -2.29. The highest BCUT2D eigenvalue weighted by molar-refractivity contribution is 8.00.